The van der Waals surface area contributed by atoms with Gasteiger partial charge in [-0.05, 0) is 12.1 Å². The smallest absolute Gasteiger partial charge is 0.249 e. The molecule has 1 heterocycles. The predicted octanol–water partition coefficient (Wildman–Crippen LogP) is 2.69. The molecule has 0 spiro atoms. The summed E-state index contributed by atoms with van der Waals surface area (Å²) in [5.74, 6) is 5.04. The largest absolute Gasteiger partial charge is 0.309 e. The van der Waals surface area contributed by atoms with Crippen molar-refractivity contribution < 1.29 is 4.87 Å². The molecule has 0 atom stereocenters. The molecule has 4 nitrogen and oxygen atoms in total. The van der Waals surface area contributed by atoms with Gasteiger partial charge in [0.15, 0.2) is 4.87 Å². The minimum Gasteiger partial charge on any atom is -0.249 e. The van der Waals surface area contributed by atoms with Gasteiger partial charge in [0.25, 0.3) is 0 Å². The lowest BCUT2D eigenvalue weighted by Crippen LogP contribution is -2.08. The molecule has 0 amide bonds. The van der Waals surface area contributed by atoms with Gasteiger partial charge in [0.05, 0.1) is 10.6 Å². The van der Waals surface area contributed by atoms with Crippen molar-refractivity contribution in [2.24, 2.45) is 5.84 Å². The molecule has 0 fully saturated rings. The molecule has 0 saturated heterocycles. The average molecular weight is 235 g/mol. The number of nitrogens with zero attached hydrogens (tertiary/aromatic N) is 2. The van der Waals surface area contributed by atoms with Crippen LogP contribution in [0.3, 0.4) is 0 Å². The minimum atomic E-state index is 0.267. The molecule has 0 aliphatic heterocycles. The van der Waals surface area contributed by atoms with Crippen molar-refractivity contribution in [2.75, 3.05) is 0 Å². The Morgan fingerprint density at radius 3 is 2.50 bits per heavy atom. The molecule has 0 aliphatic rings. The van der Waals surface area contributed by atoms with E-state index < -0.39 is 0 Å². The number of pyridine rings is 1. The number of benzene rings is 1. The zero-order valence-corrected chi connectivity index (χ0v) is 9.06. The highest BCUT2D eigenvalue weighted by Gasteiger charge is 2.10. The van der Waals surface area contributed by atoms with Gasteiger partial charge < -0.3 is 0 Å². The Bertz CT molecular complexity index is 525. The fourth-order valence-electron chi connectivity index (χ4n) is 1.34. The molecule has 0 unspecified atom stereocenters. The molecule has 16 heavy (non-hydrogen) atoms. The van der Waals surface area contributed by atoms with E-state index in [1.54, 1.807) is 18.2 Å². The molecule has 80 valence electrons. The van der Waals surface area contributed by atoms with Crippen LogP contribution in [0, 0.1) is 4.91 Å². The van der Waals surface area contributed by atoms with Crippen LogP contribution in [0.25, 0.3) is 11.3 Å². The van der Waals surface area contributed by atoms with E-state index in [1.165, 1.54) is 6.20 Å². The van der Waals surface area contributed by atoms with Crippen molar-refractivity contribution in [3.05, 3.63) is 52.5 Å². The molecule has 0 radical (unpaired) electrons. The molecular formula is C11H9ClN3O+. The Kier molecular flexibility index (Phi) is 2.83. The van der Waals surface area contributed by atoms with E-state index in [0.29, 0.717) is 16.4 Å². The monoisotopic (exact) mass is 234 g/mol. The summed E-state index contributed by atoms with van der Waals surface area (Å²) in [4.78, 5) is 15.2. The van der Waals surface area contributed by atoms with Crippen molar-refractivity contribution in [2.45, 2.75) is 0 Å². The summed E-state index contributed by atoms with van der Waals surface area (Å²) in [6.45, 7) is 0. The molecule has 0 aliphatic carbocycles. The van der Waals surface area contributed by atoms with Gasteiger partial charge in [0, 0.05) is 16.7 Å². The fourth-order valence-corrected chi connectivity index (χ4v) is 1.58. The third-order valence-corrected chi connectivity index (χ3v) is 2.48. The van der Waals surface area contributed by atoms with Gasteiger partial charge in [-0.1, -0.05) is 29.8 Å². The van der Waals surface area contributed by atoms with Gasteiger partial charge in [0.1, 0.15) is 6.20 Å². The summed E-state index contributed by atoms with van der Waals surface area (Å²) in [6.07, 6.45) is 1.41. The first-order valence-corrected chi connectivity index (χ1v) is 4.99. The first kappa shape index (κ1) is 10.6. The maximum absolute atomic E-state index is 10.8. The quantitative estimate of drug-likeness (QED) is 0.494. The SMILES string of the molecule is N[N+](=O)c1ccc(-c2ccccc2Cl)nc1. The average Bonchev–Trinajstić information content (AvgIpc) is 2.30. The normalized spacial score (nSPS) is 10.1. The van der Waals surface area contributed by atoms with Crippen LogP contribution in [-0.2, 0) is 0 Å². The van der Waals surface area contributed by atoms with Gasteiger partial charge >= 0.3 is 5.69 Å². The van der Waals surface area contributed by atoms with Crippen molar-refractivity contribution in [1.82, 2.24) is 4.98 Å². The molecule has 2 N–H and O–H groups in total. The van der Waals surface area contributed by atoms with Crippen molar-refractivity contribution in [3.8, 4) is 11.3 Å². The van der Waals surface area contributed by atoms with E-state index in [2.05, 4.69) is 4.98 Å². The number of nitrogens with two attached hydrogens (primary N) is 1. The number of hydrogen-bond donors (Lipinski definition) is 1. The van der Waals surface area contributed by atoms with E-state index in [0.717, 1.165) is 5.56 Å². The lowest BCUT2D eigenvalue weighted by molar-refractivity contribution is -0.475. The molecular weight excluding hydrogens is 226 g/mol. The van der Waals surface area contributed by atoms with Crippen LogP contribution >= 0.6 is 11.6 Å². The van der Waals surface area contributed by atoms with Crippen LogP contribution in [-0.4, -0.2) is 9.85 Å². The maximum Gasteiger partial charge on any atom is 0.309 e. The number of nitroso groups, excluding NO2 is 1. The van der Waals surface area contributed by atoms with Gasteiger partial charge in [-0.15, -0.1) is 0 Å². The van der Waals surface area contributed by atoms with Crippen LogP contribution in [0.15, 0.2) is 42.6 Å². The van der Waals surface area contributed by atoms with Crippen molar-refractivity contribution in [3.63, 3.8) is 0 Å². The molecule has 1 aromatic carbocycles. The highest BCUT2D eigenvalue weighted by Crippen LogP contribution is 2.26. The van der Waals surface area contributed by atoms with Crippen LogP contribution in [0.4, 0.5) is 5.69 Å². The Labute approximate surface area is 97.2 Å². The Morgan fingerprint density at radius 1 is 1.19 bits per heavy atom. The zero-order valence-electron chi connectivity index (χ0n) is 8.30. The summed E-state index contributed by atoms with van der Waals surface area (Å²) in [6, 6.07) is 10.7. The van der Waals surface area contributed by atoms with E-state index in [4.69, 9.17) is 17.4 Å². The number of hydrazine groups is 1. The van der Waals surface area contributed by atoms with Crippen LogP contribution in [0.1, 0.15) is 0 Å². The summed E-state index contributed by atoms with van der Waals surface area (Å²) < 4.78 is 0. The molecule has 1 aromatic heterocycles. The second-order valence-corrected chi connectivity index (χ2v) is 3.61. The topological polar surface area (TPSA) is 59.0 Å². The summed E-state index contributed by atoms with van der Waals surface area (Å²) in [7, 11) is 0. The second kappa shape index (κ2) is 4.28. The van der Waals surface area contributed by atoms with Gasteiger partial charge in [-0.25, -0.2) is 4.98 Å². The standard InChI is InChI=1S/C11H9ClN3O/c12-10-4-2-1-3-9(10)11-6-5-8(7-14-11)15(13)16/h1-7H,(H2,13,16)/q+1. The van der Waals surface area contributed by atoms with E-state index in [1.807, 2.05) is 18.2 Å². The number of hydrogen-bond acceptors (Lipinski definition) is 2. The van der Waals surface area contributed by atoms with Crippen LogP contribution in [0.5, 0.6) is 0 Å². The Balaban J connectivity index is 2.43. The lowest BCUT2D eigenvalue weighted by Gasteiger charge is -2.01. The van der Waals surface area contributed by atoms with E-state index >= 15 is 0 Å². The van der Waals surface area contributed by atoms with Crippen molar-refractivity contribution >= 4 is 17.3 Å². The Morgan fingerprint density at radius 2 is 1.94 bits per heavy atom. The number of rotatable bonds is 2. The third-order valence-electron chi connectivity index (χ3n) is 2.15. The number of aromatic nitrogens is 1. The van der Waals surface area contributed by atoms with Gasteiger partial charge in [-0.2, -0.15) is 5.84 Å². The van der Waals surface area contributed by atoms with E-state index in [9.17, 15) is 4.91 Å². The number of halogens is 1. The van der Waals surface area contributed by atoms with Crippen molar-refractivity contribution in [1.29, 1.82) is 0 Å². The minimum absolute atomic E-state index is 0.267. The predicted molar refractivity (Wildman–Crippen MR) is 62.2 cm³/mol. The molecule has 2 rings (SSSR count). The zero-order chi connectivity index (χ0) is 11.5. The maximum atomic E-state index is 10.8. The molecule has 2 aromatic rings. The fraction of sp³-hybridized carbons (Fsp3) is 0. The molecule has 5 heteroatoms. The van der Waals surface area contributed by atoms with Crippen LogP contribution in [0.2, 0.25) is 5.02 Å². The molecule has 0 bridgehead atoms. The second-order valence-electron chi connectivity index (χ2n) is 3.21. The third kappa shape index (κ3) is 2.01. The highest BCUT2D eigenvalue weighted by atomic mass is 35.5. The van der Waals surface area contributed by atoms with E-state index in [-0.39, 0.29) is 4.87 Å². The lowest BCUT2D eigenvalue weighted by atomic mass is 10.1. The Hall–Kier alpha value is -1.94. The highest BCUT2D eigenvalue weighted by molar-refractivity contribution is 6.33. The van der Waals surface area contributed by atoms with Gasteiger partial charge in [0.2, 0.25) is 0 Å². The summed E-state index contributed by atoms with van der Waals surface area (Å²) in [5, 5.41) is 0.620. The van der Waals surface area contributed by atoms with Crippen LogP contribution < -0.4 is 5.84 Å². The summed E-state index contributed by atoms with van der Waals surface area (Å²) in [5.41, 5.74) is 1.83. The molecule has 0 saturated carbocycles. The first-order valence-electron chi connectivity index (χ1n) is 4.61. The summed E-state index contributed by atoms with van der Waals surface area (Å²) >= 11 is 6.02. The first-order chi connectivity index (χ1) is 7.68. The van der Waals surface area contributed by atoms with Gasteiger partial charge in [-0.3, -0.25) is 0 Å².